The van der Waals surface area contributed by atoms with Crippen LogP contribution in [0.15, 0.2) is 36.4 Å². The van der Waals surface area contributed by atoms with Crippen LogP contribution in [0.4, 0.5) is 14.5 Å². The molecule has 30 heavy (non-hydrogen) atoms. The molecule has 1 heterocycles. The molecule has 0 bridgehead atoms. The van der Waals surface area contributed by atoms with Crippen molar-refractivity contribution < 1.29 is 32.7 Å². The average Bonchev–Trinajstić information content (AvgIpc) is 2.73. The van der Waals surface area contributed by atoms with E-state index in [0.717, 1.165) is 6.07 Å². The zero-order valence-electron chi connectivity index (χ0n) is 16.5. The second kappa shape index (κ2) is 9.57. The summed E-state index contributed by atoms with van der Waals surface area (Å²) in [7, 11) is 1.28. The van der Waals surface area contributed by atoms with Gasteiger partial charge in [0.15, 0.2) is 23.0 Å². The molecular weight excluding hydrogens is 402 g/mol. The van der Waals surface area contributed by atoms with Gasteiger partial charge in [0, 0.05) is 18.7 Å². The Labute approximate surface area is 172 Å². The fourth-order valence-corrected chi connectivity index (χ4v) is 3.22. The number of fused-ring (bicyclic) bond motifs is 1. The number of nitrogens with zero attached hydrogens (tertiary/aromatic N) is 2. The van der Waals surface area contributed by atoms with Crippen molar-refractivity contribution in [1.82, 2.24) is 4.90 Å². The molecule has 0 radical (unpaired) electrons. The first kappa shape index (κ1) is 21.6. The molecule has 162 valence electrons. The predicted octanol–water partition coefficient (Wildman–Crippen LogP) is 3.87. The monoisotopic (exact) mass is 424 g/mol. The first-order valence-corrected chi connectivity index (χ1v) is 9.32. The second-order valence-electron chi connectivity index (χ2n) is 6.59. The molecule has 0 amide bonds. The quantitative estimate of drug-likeness (QED) is 0.446. The Kier molecular flexibility index (Phi) is 6.88. The van der Waals surface area contributed by atoms with Crippen LogP contribution >= 0.6 is 0 Å². The maximum absolute atomic E-state index is 12.6. The lowest BCUT2D eigenvalue weighted by Crippen LogP contribution is -2.40. The van der Waals surface area contributed by atoms with E-state index in [9.17, 15) is 18.9 Å². The number of nitro benzene ring substituents is 1. The maximum atomic E-state index is 12.6. The van der Waals surface area contributed by atoms with Gasteiger partial charge in [0.05, 0.1) is 18.1 Å². The number of rotatable bonds is 9. The normalized spacial score (nSPS) is 15.3. The second-order valence-corrected chi connectivity index (χ2v) is 6.59. The lowest BCUT2D eigenvalue weighted by atomic mass is 10.1. The number of para-hydroxylation sites is 2. The van der Waals surface area contributed by atoms with E-state index < -0.39 is 11.5 Å². The largest absolute Gasteiger partial charge is 0.493 e. The van der Waals surface area contributed by atoms with Gasteiger partial charge in [0.25, 0.3) is 5.69 Å². The molecule has 8 nitrogen and oxygen atoms in total. The van der Waals surface area contributed by atoms with Gasteiger partial charge in [-0.25, -0.2) is 0 Å². The fraction of sp³-hybridized carbons (Fsp3) is 0.400. The molecule has 3 rings (SSSR count). The van der Waals surface area contributed by atoms with Crippen LogP contribution in [-0.4, -0.2) is 49.3 Å². The maximum Gasteiger partial charge on any atom is 0.387 e. The number of alkyl halides is 2. The van der Waals surface area contributed by atoms with Crippen LogP contribution < -0.4 is 18.9 Å². The summed E-state index contributed by atoms with van der Waals surface area (Å²) in [6.45, 7) is 0.368. The van der Waals surface area contributed by atoms with Gasteiger partial charge in [-0.3, -0.25) is 15.0 Å². The van der Waals surface area contributed by atoms with Crippen molar-refractivity contribution in [3.63, 3.8) is 0 Å². The van der Waals surface area contributed by atoms with Gasteiger partial charge >= 0.3 is 6.61 Å². The molecular formula is C20H22F2N2O6. The van der Waals surface area contributed by atoms with Gasteiger partial charge < -0.3 is 18.9 Å². The molecule has 0 aromatic heterocycles. The lowest BCUT2D eigenvalue weighted by Gasteiger charge is -2.30. The van der Waals surface area contributed by atoms with Gasteiger partial charge in [0.2, 0.25) is 0 Å². The number of likely N-dealkylation sites (N-methyl/N-ethyl adjacent to an activating group) is 1. The summed E-state index contributed by atoms with van der Waals surface area (Å²) in [5.41, 5.74) is -0.00602. The Morgan fingerprint density at radius 2 is 2.00 bits per heavy atom. The Hall–Kier alpha value is -3.14. The zero-order valence-corrected chi connectivity index (χ0v) is 16.5. The van der Waals surface area contributed by atoms with Gasteiger partial charge in [-0.15, -0.1) is 0 Å². The lowest BCUT2D eigenvalue weighted by molar-refractivity contribution is -0.385. The summed E-state index contributed by atoms with van der Waals surface area (Å²) in [5, 5.41) is 11.5. The Bertz CT molecular complexity index is 896. The first-order valence-electron chi connectivity index (χ1n) is 9.32. The van der Waals surface area contributed by atoms with Gasteiger partial charge in [0.1, 0.15) is 12.7 Å². The van der Waals surface area contributed by atoms with E-state index >= 15 is 0 Å². The summed E-state index contributed by atoms with van der Waals surface area (Å²) in [6, 6.07) is 9.66. The summed E-state index contributed by atoms with van der Waals surface area (Å²) in [4.78, 5) is 12.8. The van der Waals surface area contributed by atoms with Gasteiger partial charge in [-0.1, -0.05) is 19.1 Å². The van der Waals surface area contributed by atoms with Crippen LogP contribution in [-0.2, 0) is 6.54 Å². The highest BCUT2D eigenvalue weighted by molar-refractivity contribution is 5.54. The number of hydrogen-bond acceptors (Lipinski definition) is 7. The number of nitro groups is 1. The molecule has 1 aliphatic rings. The highest BCUT2D eigenvalue weighted by Gasteiger charge is 2.26. The SMILES string of the molecule is CCN(Cc1cc(OC)c(OC(F)F)cc1[N+](=O)[O-])C[C@@H]1COc2ccccc2O1. The van der Waals surface area contributed by atoms with Crippen LogP contribution in [0.2, 0.25) is 0 Å². The van der Waals surface area contributed by atoms with Crippen molar-refractivity contribution in [1.29, 1.82) is 0 Å². The van der Waals surface area contributed by atoms with Gasteiger partial charge in [-0.05, 0) is 24.7 Å². The minimum Gasteiger partial charge on any atom is -0.493 e. The Balaban J connectivity index is 1.78. The van der Waals surface area contributed by atoms with Crippen molar-refractivity contribution in [3.05, 3.63) is 52.1 Å². The molecule has 1 aliphatic heterocycles. The molecule has 0 unspecified atom stereocenters. The van der Waals surface area contributed by atoms with E-state index in [1.807, 2.05) is 36.1 Å². The molecule has 2 aromatic rings. The van der Waals surface area contributed by atoms with Crippen molar-refractivity contribution >= 4 is 5.69 Å². The van der Waals surface area contributed by atoms with E-state index in [4.69, 9.17) is 14.2 Å². The zero-order chi connectivity index (χ0) is 21.7. The molecule has 0 saturated carbocycles. The average molecular weight is 424 g/mol. The Morgan fingerprint density at radius 3 is 2.63 bits per heavy atom. The van der Waals surface area contributed by atoms with E-state index in [1.165, 1.54) is 13.2 Å². The van der Waals surface area contributed by atoms with E-state index in [-0.39, 0.29) is 29.8 Å². The van der Waals surface area contributed by atoms with Crippen LogP contribution in [0.3, 0.4) is 0 Å². The minimum absolute atomic E-state index is 0.00173. The molecule has 0 spiro atoms. The summed E-state index contributed by atoms with van der Waals surface area (Å²) < 4.78 is 46.3. The van der Waals surface area contributed by atoms with Crippen LogP contribution in [0.1, 0.15) is 12.5 Å². The third kappa shape index (κ3) is 5.07. The number of halogens is 2. The van der Waals surface area contributed by atoms with Crippen LogP contribution in [0.25, 0.3) is 0 Å². The molecule has 0 saturated heterocycles. The summed E-state index contributed by atoms with van der Waals surface area (Å²) >= 11 is 0. The van der Waals surface area contributed by atoms with Crippen molar-refractivity contribution in [2.45, 2.75) is 26.2 Å². The third-order valence-electron chi connectivity index (χ3n) is 4.65. The highest BCUT2D eigenvalue weighted by atomic mass is 19.3. The standard InChI is InChI=1S/C20H22F2N2O6/c1-3-23(11-14-12-28-16-6-4-5-7-17(16)29-14)10-13-8-18(27-2)19(30-20(21)22)9-15(13)24(25)26/h4-9,14,20H,3,10-12H2,1-2H3/t14-/m1/s1. The fourth-order valence-electron chi connectivity index (χ4n) is 3.22. The minimum atomic E-state index is -3.12. The summed E-state index contributed by atoms with van der Waals surface area (Å²) in [5.74, 6) is 0.933. The molecule has 1 atom stereocenters. The molecule has 2 aromatic carbocycles. The van der Waals surface area contributed by atoms with Crippen molar-refractivity contribution in [2.24, 2.45) is 0 Å². The molecule has 0 N–H and O–H groups in total. The smallest absolute Gasteiger partial charge is 0.387 e. The molecule has 0 fully saturated rings. The van der Waals surface area contributed by atoms with E-state index in [1.54, 1.807) is 0 Å². The van der Waals surface area contributed by atoms with Crippen LogP contribution in [0, 0.1) is 10.1 Å². The Morgan fingerprint density at radius 1 is 1.27 bits per heavy atom. The first-order chi connectivity index (χ1) is 14.4. The predicted molar refractivity (Wildman–Crippen MR) is 104 cm³/mol. The van der Waals surface area contributed by atoms with Crippen molar-refractivity contribution in [3.8, 4) is 23.0 Å². The molecule has 10 heteroatoms. The topological polar surface area (TPSA) is 83.3 Å². The number of hydrogen-bond donors (Lipinski definition) is 0. The third-order valence-corrected chi connectivity index (χ3v) is 4.65. The van der Waals surface area contributed by atoms with Gasteiger partial charge in [-0.2, -0.15) is 8.78 Å². The molecule has 0 aliphatic carbocycles. The number of methoxy groups -OCH3 is 1. The number of benzene rings is 2. The van der Waals surface area contributed by atoms with E-state index in [2.05, 4.69) is 4.74 Å². The highest BCUT2D eigenvalue weighted by Crippen LogP contribution is 2.36. The van der Waals surface area contributed by atoms with Crippen molar-refractivity contribution in [2.75, 3.05) is 26.8 Å². The van der Waals surface area contributed by atoms with E-state index in [0.29, 0.717) is 36.8 Å². The van der Waals surface area contributed by atoms with Crippen LogP contribution in [0.5, 0.6) is 23.0 Å². The summed E-state index contributed by atoms with van der Waals surface area (Å²) in [6.07, 6.45) is -0.262. The number of ether oxygens (including phenoxy) is 4.